The Morgan fingerprint density at radius 2 is 2.20 bits per heavy atom. The highest BCUT2D eigenvalue weighted by atomic mass is 35.5. The van der Waals surface area contributed by atoms with Gasteiger partial charge < -0.3 is 5.11 Å². The van der Waals surface area contributed by atoms with Gasteiger partial charge >= 0.3 is 0 Å². The molecule has 0 spiro atoms. The van der Waals surface area contributed by atoms with Crippen molar-refractivity contribution in [1.29, 1.82) is 0 Å². The lowest BCUT2D eigenvalue weighted by Crippen LogP contribution is -1.75. The molecular formula is C8H6ClO. The molecule has 0 aliphatic carbocycles. The summed E-state index contributed by atoms with van der Waals surface area (Å²) in [4.78, 5) is 0. The highest BCUT2D eigenvalue weighted by Gasteiger charge is 1.99. The van der Waals surface area contributed by atoms with Gasteiger partial charge in [0.2, 0.25) is 0 Å². The minimum Gasteiger partial charge on any atom is -0.506 e. The lowest BCUT2D eigenvalue weighted by molar-refractivity contribution is 0.475. The van der Waals surface area contributed by atoms with E-state index in [2.05, 4.69) is 12.7 Å². The minimum atomic E-state index is 0.0651. The molecule has 0 heterocycles. The van der Waals surface area contributed by atoms with Crippen LogP contribution in [0.25, 0.3) is 0 Å². The van der Waals surface area contributed by atoms with Gasteiger partial charge in [-0.3, -0.25) is 0 Å². The van der Waals surface area contributed by atoms with Crippen molar-refractivity contribution in [3.8, 4) is 5.75 Å². The van der Waals surface area contributed by atoms with E-state index in [0.29, 0.717) is 10.6 Å². The molecule has 1 rings (SSSR count). The molecule has 0 fully saturated rings. The van der Waals surface area contributed by atoms with Crippen molar-refractivity contribution < 1.29 is 5.11 Å². The van der Waals surface area contributed by atoms with Crippen LogP contribution >= 0.6 is 11.6 Å². The maximum Gasteiger partial charge on any atom is 0.134 e. The van der Waals surface area contributed by atoms with Crippen LogP contribution in [0.4, 0.5) is 0 Å². The third-order valence-electron chi connectivity index (χ3n) is 1.17. The zero-order valence-corrected chi connectivity index (χ0v) is 6.02. The fourth-order valence-corrected chi connectivity index (χ4v) is 0.849. The van der Waals surface area contributed by atoms with Crippen LogP contribution in [0.3, 0.4) is 0 Å². The van der Waals surface area contributed by atoms with Gasteiger partial charge in [0, 0.05) is 5.56 Å². The number of aromatic hydroxyl groups is 1. The van der Waals surface area contributed by atoms with Crippen molar-refractivity contribution in [2.24, 2.45) is 0 Å². The molecule has 0 aliphatic heterocycles. The van der Waals surface area contributed by atoms with Crippen LogP contribution in [0.1, 0.15) is 5.56 Å². The Labute approximate surface area is 64.6 Å². The van der Waals surface area contributed by atoms with Gasteiger partial charge in [0.1, 0.15) is 5.75 Å². The number of hydrogen-bond acceptors (Lipinski definition) is 1. The summed E-state index contributed by atoms with van der Waals surface area (Å²) < 4.78 is 0. The number of rotatable bonds is 1. The second kappa shape index (κ2) is 2.76. The largest absolute Gasteiger partial charge is 0.506 e. The third kappa shape index (κ3) is 1.14. The molecule has 1 aromatic rings. The standard InChI is InChI=1S/C8H6ClO/c1-2-6-4-3-5-7(10)8(6)9/h3-5,10H,1H2. The first kappa shape index (κ1) is 7.16. The van der Waals surface area contributed by atoms with E-state index in [0.717, 1.165) is 0 Å². The van der Waals surface area contributed by atoms with Crippen LogP contribution < -0.4 is 0 Å². The van der Waals surface area contributed by atoms with Crippen molar-refractivity contribution in [1.82, 2.24) is 0 Å². The molecule has 2 heteroatoms. The Bertz CT molecular complexity index is 255. The monoisotopic (exact) mass is 153 g/mol. The summed E-state index contributed by atoms with van der Waals surface area (Å²) in [6.07, 6.45) is 2.59. The first-order valence-corrected chi connectivity index (χ1v) is 3.14. The summed E-state index contributed by atoms with van der Waals surface area (Å²) in [5.41, 5.74) is 0.627. The van der Waals surface area contributed by atoms with Gasteiger partial charge in [-0.1, -0.05) is 30.3 Å². The maximum absolute atomic E-state index is 9.03. The summed E-state index contributed by atoms with van der Waals surface area (Å²) in [7, 11) is 0. The van der Waals surface area contributed by atoms with Crippen molar-refractivity contribution in [2.75, 3.05) is 0 Å². The molecule has 51 valence electrons. The van der Waals surface area contributed by atoms with Gasteiger partial charge in [-0.15, -0.1) is 0 Å². The van der Waals surface area contributed by atoms with Crippen LogP contribution in [-0.2, 0) is 0 Å². The highest BCUT2D eigenvalue weighted by molar-refractivity contribution is 6.32. The van der Waals surface area contributed by atoms with Crippen LogP contribution in [0.2, 0.25) is 5.02 Å². The van der Waals surface area contributed by atoms with E-state index >= 15 is 0 Å². The lowest BCUT2D eigenvalue weighted by Gasteiger charge is -1.97. The quantitative estimate of drug-likeness (QED) is 0.657. The van der Waals surface area contributed by atoms with E-state index in [1.54, 1.807) is 12.1 Å². The maximum atomic E-state index is 9.03. The van der Waals surface area contributed by atoms with Crippen molar-refractivity contribution in [2.45, 2.75) is 0 Å². The second-order valence-corrected chi connectivity index (χ2v) is 2.19. The second-order valence-electron chi connectivity index (χ2n) is 1.82. The van der Waals surface area contributed by atoms with Crippen molar-refractivity contribution in [3.05, 3.63) is 41.4 Å². The van der Waals surface area contributed by atoms with Gasteiger partial charge in [0.25, 0.3) is 0 Å². The van der Waals surface area contributed by atoms with E-state index in [1.807, 2.05) is 0 Å². The van der Waals surface area contributed by atoms with E-state index in [9.17, 15) is 0 Å². The van der Waals surface area contributed by atoms with Crippen LogP contribution in [-0.4, -0.2) is 5.11 Å². The molecule has 1 N–H and O–H groups in total. The Morgan fingerprint density at radius 3 is 2.70 bits per heavy atom. The molecular weight excluding hydrogens is 148 g/mol. The number of phenols is 1. The fraction of sp³-hybridized carbons (Fsp3) is 0. The Kier molecular flexibility index (Phi) is 1.97. The summed E-state index contributed by atoms with van der Waals surface area (Å²) >= 11 is 5.64. The molecule has 0 aromatic heterocycles. The molecule has 1 aromatic carbocycles. The molecule has 0 unspecified atom stereocenters. The summed E-state index contributed by atoms with van der Waals surface area (Å²) in [5.74, 6) is 0.0651. The van der Waals surface area contributed by atoms with Gasteiger partial charge in [-0.25, -0.2) is 0 Å². The average molecular weight is 154 g/mol. The molecule has 0 bridgehead atoms. The van der Waals surface area contributed by atoms with E-state index < -0.39 is 0 Å². The molecule has 0 aliphatic rings. The Hall–Kier alpha value is -0.950. The summed E-state index contributed by atoms with van der Waals surface area (Å²) in [6, 6.07) is 4.94. The van der Waals surface area contributed by atoms with Crippen LogP contribution in [0.5, 0.6) is 5.75 Å². The first-order chi connectivity index (χ1) is 4.75. The predicted octanol–water partition coefficient (Wildman–Crippen LogP) is 2.38. The molecule has 0 saturated carbocycles. The Balaban J connectivity index is 3.27. The molecule has 0 saturated heterocycles. The van der Waals surface area contributed by atoms with Crippen LogP contribution in [0, 0.1) is 6.08 Å². The van der Waals surface area contributed by atoms with Crippen LogP contribution in [0.15, 0.2) is 24.8 Å². The normalized spacial score (nSPS) is 9.30. The molecule has 1 nitrogen and oxygen atoms in total. The first-order valence-electron chi connectivity index (χ1n) is 2.76. The van der Waals surface area contributed by atoms with E-state index in [4.69, 9.17) is 16.7 Å². The van der Waals surface area contributed by atoms with Gasteiger partial charge in [-0.2, -0.15) is 0 Å². The van der Waals surface area contributed by atoms with E-state index in [1.165, 1.54) is 6.07 Å². The number of halogens is 1. The van der Waals surface area contributed by atoms with Crippen molar-refractivity contribution in [3.63, 3.8) is 0 Å². The fourth-order valence-electron chi connectivity index (χ4n) is 0.656. The van der Waals surface area contributed by atoms with E-state index in [-0.39, 0.29) is 5.75 Å². The average Bonchev–Trinajstić information content (AvgIpc) is 1.95. The summed E-state index contributed by atoms with van der Waals surface area (Å²) in [6.45, 7) is 3.41. The SMILES string of the molecule is C=[C]c1cccc(O)c1Cl. The van der Waals surface area contributed by atoms with Gasteiger partial charge in [0.05, 0.1) is 5.02 Å². The smallest absolute Gasteiger partial charge is 0.134 e. The zero-order chi connectivity index (χ0) is 7.56. The number of hydrogen-bond donors (Lipinski definition) is 1. The number of benzene rings is 1. The highest BCUT2D eigenvalue weighted by Crippen LogP contribution is 2.25. The molecule has 10 heavy (non-hydrogen) atoms. The minimum absolute atomic E-state index is 0.0651. The summed E-state index contributed by atoms with van der Waals surface area (Å²) in [5, 5.41) is 9.33. The molecule has 0 atom stereocenters. The predicted molar refractivity (Wildman–Crippen MR) is 41.1 cm³/mol. The topological polar surface area (TPSA) is 20.2 Å². The van der Waals surface area contributed by atoms with Gasteiger partial charge in [-0.05, 0) is 12.1 Å². The lowest BCUT2D eigenvalue weighted by atomic mass is 10.2. The molecule has 1 radical (unpaired) electrons. The number of phenolic OH excluding ortho intramolecular Hbond substituents is 1. The third-order valence-corrected chi connectivity index (χ3v) is 1.57. The Morgan fingerprint density at radius 1 is 1.50 bits per heavy atom. The molecule has 0 amide bonds. The van der Waals surface area contributed by atoms with Crippen molar-refractivity contribution >= 4 is 11.6 Å². The zero-order valence-electron chi connectivity index (χ0n) is 5.26. The van der Waals surface area contributed by atoms with Gasteiger partial charge in [0.15, 0.2) is 0 Å².